The van der Waals surface area contributed by atoms with Crippen LogP contribution in [0.3, 0.4) is 0 Å². The van der Waals surface area contributed by atoms with E-state index in [9.17, 15) is 0 Å². The van der Waals surface area contributed by atoms with Gasteiger partial charge in [0.1, 0.15) is 0 Å². The van der Waals surface area contributed by atoms with E-state index in [0.29, 0.717) is 0 Å². The average Bonchev–Trinajstić information content (AvgIpc) is 3.48. The van der Waals surface area contributed by atoms with E-state index >= 15 is 0 Å². The Balaban J connectivity index is 1.14. The molecular weight excluding hydrogens is 699 g/mol. The molecule has 0 heterocycles. The van der Waals surface area contributed by atoms with Gasteiger partial charge in [0.2, 0.25) is 0 Å². The first-order valence-corrected chi connectivity index (χ1v) is 20.4. The molecule has 0 unspecified atom stereocenters. The van der Waals surface area contributed by atoms with Crippen molar-refractivity contribution in [3.8, 4) is 33.4 Å². The fourth-order valence-corrected chi connectivity index (χ4v) is 9.96. The Morgan fingerprint density at radius 2 is 0.828 bits per heavy atom. The number of benzene rings is 10. The van der Waals surface area contributed by atoms with Crippen LogP contribution in [0, 0.1) is 13.8 Å². The summed E-state index contributed by atoms with van der Waals surface area (Å²) in [6.07, 6.45) is 0. The van der Waals surface area contributed by atoms with Crippen molar-refractivity contribution in [1.29, 1.82) is 0 Å². The Morgan fingerprint density at radius 3 is 1.47 bits per heavy atom. The zero-order chi connectivity index (χ0) is 39.1. The zero-order valence-electron chi connectivity index (χ0n) is 33.3. The highest BCUT2D eigenvalue weighted by molar-refractivity contribution is 6.25. The van der Waals surface area contributed by atoms with Gasteiger partial charge in [-0.25, -0.2) is 0 Å². The normalized spacial score (nSPS) is 13.0. The van der Waals surface area contributed by atoms with Gasteiger partial charge in [-0.05, 0) is 156 Å². The summed E-state index contributed by atoms with van der Waals surface area (Å²) in [7, 11) is 0. The third-order valence-corrected chi connectivity index (χ3v) is 12.7. The molecule has 58 heavy (non-hydrogen) atoms. The molecule has 0 aliphatic heterocycles. The molecule has 0 amide bonds. The maximum Gasteiger partial charge on any atom is 0.0540 e. The van der Waals surface area contributed by atoms with E-state index in [-0.39, 0.29) is 5.41 Å². The number of anilines is 3. The first-order valence-electron chi connectivity index (χ1n) is 20.4. The summed E-state index contributed by atoms with van der Waals surface area (Å²) in [5.74, 6) is 0. The lowest BCUT2D eigenvalue weighted by molar-refractivity contribution is 0.660. The molecule has 10 aromatic carbocycles. The SMILES string of the molecule is Cc1cccc(N(c2cccc(C)c2)c2ccc(-c3cc4c5ccccc5c(-c5ccc6c(c5)C(C)(C)c5ccccc5-6)cc4c4ccccc34)c3ccccc23)c1. The Bertz CT molecular complexity index is 3250. The van der Waals surface area contributed by atoms with E-state index in [1.54, 1.807) is 0 Å². The Morgan fingerprint density at radius 1 is 0.328 bits per heavy atom. The maximum absolute atomic E-state index is 2.46. The molecule has 0 saturated heterocycles. The standard InChI is InChI=1S/C57H43N/c1-36-15-13-17-39(31-36)58(40-18-14-16-37(2)32-40)56-30-29-46(41-19-9-10-25-49(41)56)51-35-53-43-21-6-5-20-42(43)50(34-52(53)45-23-8-7-22-44(45)51)38-27-28-48-47-24-11-12-26-54(47)57(3,4)55(48)33-38/h5-35H,1-4H3. The van der Waals surface area contributed by atoms with Gasteiger partial charge in [0.25, 0.3) is 0 Å². The quantitative estimate of drug-likeness (QED) is 0.159. The minimum Gasteiger partial charge on any atom is -0.310 e. The zero-order valence-corrected chi connectivity index (χ0v) is 33.3. The van der Waals surface area contributed by atoms with Crippen molar-refractivity contribution in [2.24, 2.45) is 0 Å². The summed E-state index contributed by atoms with van der Waals surface area (Å²) in [6.45, 7) is 9.08. The predicted molar refractivity (Wildman–Crippen MR) is 249 cm³/mol. The van der Waals surface area contributed by atoms with E-state index < -0.39 is 0 Å². The molecule has 0 N–H and O–H groups in total. The number of rotatable bonds is 5. The highest BCUT2D eigenvalue weighted by Gasteiger charge is 2.35. The van der Waals surface area contributed by atoms with Crippen LogP contribution in [-0.2, 0) is 5.41 Å². The van der Waals surface area contributed by atoms with Gasteiger partial charge in [-0.15, -0.1) is 0 Å². The summed E-state index contributed by atoms with van der Waals surface area (Å²) < 4.78 is 0. The van der Waals surface area contributed by atoms with Crippen LogP contribution in [0.4, 0.5) is 17.1 Å². The molecule has 0 atom stereocenters. The molecule has 1 aliphatic rings. The molecule has 0 spiro atoms. The average molecular weight is 742 g/mol. The summed E-state index contributed by atoms with van der Waals surface area (Å²) in [4.78, 5) is 2.42. The Hall–Kier alpha value is -6.96. The van der Waals surface area contributed by atoms with Crippen LogP contribution in [0.15, 0.2) is 188 Å². The molecule has 0 bridgehead atoms. The molecule has 0 radical (unpaired) electrons. The summed E-state index contributed by atoms with van der Waals surface area (Å²) >= 11 is 0. The molecule has 0 aromatic heterocycles. The fraction of sp³-hybridized carbons (Fsp3) is 0.0877. The van der Waals surface area contributed by atoms with Crippen molar-refractivity contribution in [3.63, 3.8) is 0 Å². The molecule has 10 aromatic rings. The third kappa shape index (κ3) is 5.23. The molecule has 11 rings (SSSR count). The minimum absolute atomic E-state index is 0.0639. The molecule has 1 aliphatic carbocycles. The second kappa shape index (κ2) is 13.0. The van der Waals surface area contributed by atoms with Crippen molar-refractivity contribution in [2.75, 3.05) is 4.90 Å². The first-order chi connectivity index (χ1) is 28.3. The van der Waals surface area contributed by atoms with Crippen LogP contribution in [0.5, 0.6) is 0 Å². The van der Waals surface area contributed by atoms with Gasteiger partial charge < -0.3 is 4.90 Å². The maximum atomic E-state index is 2.46. The van der Waals surface area contributed by atoms with Gasteiger partial charge in [-0.1, -0.05) is 153 Å². The largest absolute Gasteiger partial charge is 0.310 e. The van der Waals surface area contributed by atoms with Crippen molar-refractivity contribution in [2.45, 2.75) is 33.1 Å². The van der Waals surface area contributed by atoms with Crippen LogP contribution in [-0.4, -0.2) is 0 Å². The Labute approximate surface area is 340 Å². The van der Waals surface area contributed by atoms with Gasteiger partial charge in [-0.3, -0.25) is 0 Å². The number of aryl methyl sites for hydroxylation is 2. The molecule has 0 fully saturated rings. The van der Waals surface area contributed by atoms with Gasteiger partial charge >= 0.3 is 0 Å². The predicted octanol–water partition coefficient (Wildman–Crippen LogP) is 16.0. The second-order valence-electron chi connectivity index (χ2n) is 16.7. The summed E-state index contributed by atoms with van der Waals surface area (Å²) in [5, 5.41) is 10.1. The van der Waals surface area contributed by atoms with Gasteiger partial charge in [0.15, 0.2) is 0 Å². The topological polar surface area (TPSA) is 3.24 Å². The molecule has 276 valence electrons. The van der Waals surface area contributed by atoms with Crippen LogP contribution in [0.2, 0.25) is 0 Å². The molecule has 1 nitrogen and oxygen atoms in total. The molecular formula is C57H43N. The van der Waals surface area contributed by atoms with Crippen molar-refractivity contribution >= 4 is 60.2 Å². The van der Waals surface area contributed by atoms with E-state index in [4.69, 9.17) is 0 Å². The lowest BCUT2D eigenvalue weighted by Crippen LogP contribution is -2.14. The highest BCUT2D eigenvalue weighted by atomic mass is 15.1. The van der Waals surface area contributed by atoms with Crippen molar-refractivity contribution in [1.82, 2.24) is 0 Å². The van der Waals surface area contributed by atoms with E-state index in [1.165, 1.54) is 98.7 Å². The lowest BCUT2D eigenvalue weighted by atomic mass is 9.81. The summed E-state index contributed by atoms with van der Waals surface area (Å²) in [6, 6.07) is 70.3. The number of nitrogens with zero attached hydrogens (tertiary/aromatic N) is 1. The Kier molecular flexibility index (Phi) is 7.72. The first kappa shape index (κ1) is 34.3. The van der Waals surface area contributed by atoms with Gasteiger partial charge in [-0.2, -0.15) is 0 Å². The van der Waals surface area contributed by atoms with E-state index in [0.717, 1.165) is 17.1 Å². The van der Waals surface area contributed by atoms with Gasteiger partial charge in [0.05, 0.1) is 5.69 Å². The summed E-state index contributed by atoms with van der Waals surface area (Å²) in [5.41, 5.74) is 16.4. The molecule has 0 saturated carbocycles. The molecule has 1 heteroatoms. The fourth-order valence-electron chi connectivity index (χ4n) is 9.96. The smallest absolute Gasteiger partial charge is 0.0540 e. The third-order valence-electron chi connectivity index (χ3n) is 12.7. The number of hydrogen-bond donors (Lipinski definition) is 0. The van der Waals surface area contributed by atoms with E-state index in [2.05, 4.69) is 221 Å². The van der Waals surface area contributed by atoms with Gasteiger partial charge in [0, 0.05) is 22.2 Å². The van der Waals surface area contributed by atoms with Crippen LogP contribution < -0.4 is 4.90 Å². The number of fused-ring (bicyclic) bond motifs is 9. The van der Waals surface area contributed by atoms with Crippen LogP contribution in [0.1, 0.15) is 36.1 Å². The van der Waals surface area contributed by atoms with Crippen molar-refractivity contribution < 1.29 is 0 Å². The van der Waals surface area contributed by atoms with Crippen molar-refractivity contribution in [3.05, 3.63) is 210 Å². The lowest BCUT2D eigenvalue weighted by Gasteiger charge is -2.28. The number of hydrogen-bond acceptors (Lipinski definition) is 1. The highest BCUT2D eigenvalue weighted by Crippen LogP contribution is 2.51. The van der Waals surface area contributed by atoms with Crippen LogP contribution in [0.25, 0.3) is 76.5 Å². The van der Waals surface area contributed by atoms with E-state index in [1.807, 2.05) is 0 Å². The van der Waals surface area contributed by atoms with Crippen LogP contribution >= 0.6 is 0 Å². The minimum atomic E-state index is -0.0639. The monoisotopic (exact) mass is 741 g/mol. The second-order valence-corrected chi connectivity index (χ2v) is 16.7.